The van der Waals surface area contributed by atoms with Gasteiger partial charge in [0.2, 0.25) is 0 Å². The van der Waals surface area contributed by atoms with Crippen LogP contribution in [0.25, 0.3) is 21.6 Å². The first kappa shape index (κ1) is 21.1. The van der Waals surface area contributed by atoms with Gasteiger partial charge in [-0.1, -0.05) is 29.8 Å². The van der Waals surface area contributed by atoms with Gasteiger partial charge in [0.05, 0.1) is 34.5 Å². The average Bonchev–Trinajstić information content (AvgIpc) is 3.07. The third kappa shape index (κ3) is 4.64. The summed E-state index contributed by atoms with van der Waals surface area (Å²) in [5.74, 6) is -0.259. The first-order chi connectivity index (χ1) is 14.8. The number of fused-ring (bicyclic) bond motifs is 1. The summed E-state index contributed by atoms with van der Waals surface area (Å²) in [6.45, 7) is 10.2. The van der Waals surface area contributed by atoms with Gasteiger partial charge >= 0.3 is 5.97 Å². The Bertz CT molecular complexity index is 1290. The van der Waals surface area contributed by atoms with Crippen molar-refractivity contribution < 1.29 is 9.53 Å². The summed E-state index contributed by atoms with van der Waals surface area (Å²) in [7, 11) is 0. The lowest BCUT2D eigenvalue weighted by molar-refractivity contribution is -0.144. The molecule has 0 aliphatic carbocycles. The molecular formula is C25H25N3O2S. The third-order valence-corrected chi connectivity index (χ3v) is 6.54. The van der Waals surface area contributed by atoms with Crippen LogP contribution in [0, 0.1) is 34.6 Å². The second-order valence-corrected chi connectivity index (χ2v) is 8.98. The number of nitrogens with zero attached hydrogens (tertiary/aromatic N) is 3. The Balaban J connectivity index is 1.44. The number of ether oxygens (including phenoxy) is 1. The maximum absolute atomic E-state index is 12.5. The molecule has 2 aromatic heterocycles. The molecule has 0 atom stereocenters. The summed E-state index contributed by atoms with van der Waals surface area (Å²) in [5, 5.41) is 0.941. The van der Waals surface area contributed by atoms with E-state index in [2.05, 4.69) is 47.0 Å². The molecule has 0 saturated heterocycles. The molecule has 0 fully saturated rings. The van der Waals surface area contributed by atoms with Crippen LogP contribution in [0.5, 0.6) is 0 Å². The highest BCUT2D eigenvalue weighted by molar-refractivity contribution is 7.15. The third-order valence-electron chi connectivity index (χ3n) is 5.35. The van der Waals surface area contributed by atoms with Crippen LogP contribution in [0.4, 0.5) is 0 Å². The van der Waals surface area contributed by atoms with E-state index in [0.717, 1.165) is 49.1 Å². The Morgan fingerprint density at radius 2 is 1.61 bits per heavy atom. The van der Waals surface area contributed by atoms with Gasteiger partial charge in [0.25, 0.3) is 0 Å². The first-order valence-corrected chi connectivity index (χ1v) is 11.1. The van der Waals surface area contributed by atoms with Crippen molar-refractivity contribution in [3.63, 3.8) is 0 Å². The molecule has 0 aliphatic heterocycles. The number of benzene rings is 2. The van der Waals surface area contributed by atoms with Crippen molar-refractivity contribution in [2.75, 3.05) is 0 Å². The van der Waals surface area contributed by atoms with E-state index in [-0.39, 0.29) is 19.0 Å². The zero-order chi connectivity index (χ0) is 22.1. The van der Waals surface area contributed by atoms with Gasteiger partial charge in [-0.05, 0) is 57.9 Å². The second kappa shape index (κ2) is 8.55. The van der Waals surface area contributed by atoms with Crippen molar-refractivity contribution in [1.29, 1.82) is 0 Å². The summed E-state index contributed by atoms with van der Waals surface area (Å²) in [6, 6.07) is 12.1. The lowest BCUT2D eigenvalue weighted by atomic mass is 10.1. The minimum Gasteiger partial charge on any atom is -0.461 e. The van der Waals surface area contributed by atoms with Crippen LogP contribution in [0.1, 0.15) is 38.6 Å². The van der Waals surface area contributed by atoms with Crippen molar-refractivity contribution in [1.82, 2.24) is 15.0 Å². The number of aromatic nitrogens is 3. The van der Waals surface area contributed by atoms with Gasteiger partial charge in [0, 0.05) is 10.4 Å². The summed E-state index contributed by atoms with van der Waals surface area (Å²) in [4.78, 5) is 27.2. The van der Waals surface area contributed by atoms with Crippen molar-refractivity contribution in [3.05, 3.63) is 75.0 Å². The molecule has 5 nitrogen and oxygen atoms in total. The van der Waals surface area contributed by atoms with Gasteiger partial charge in [-0.25, -0.2) is 15.0 Å². The number of esters is 1. The summed E-state index contributed by atoms with van der Waals surface area (Å²) < 4.78 is 5.54. The van der Waals surface area contributed by atoms with E-state index in [1.807, 2.05) is 39.0 Å². The SMILES string of the molecule is Cc1ccc(-c2nc(C)c(CC(=O)OCc3ccc4nc(C)c(C)nc4c3)s2)c(C)c1. The zero-order valence-corrected chi connectivity index (χ0v) is 19.3. The van der Waals surface area contributed by atoms with Crippen molar-refractivity contribution in [3.8, 4) is 10.6 Å². The number of aryl methyl sites for hydroxylation is 5. The molecule has 2 aromatic carbocycles. The monoisotopic (exact) mass is 431 g/mol. The number of thiazole rings is 1. The number of hydrogen-bond donors (Lipinski definition) is 0. The van der Waals surface area contributed by atoms with Crippen LogP contribution in [-0.2, 0) is 22.6 Å². The predicted octanol–water partition coefficient (Wildman–Crippen LogP) is 5.58. The molecule has 4 rings (SSSR count). The van der Waals surface area contributed by atoms with E-state index in [0.29, 0.717) is 0 Å². The lowest BCUT2D eigenvalue weighted by Crippen LogP contribution is -2.08. The molecule has 0 bridgehead atoms. The number of carbonyl (C=O) groups is 1. The second-order valence-electron chi connectivity index (χ2n) is 7.90. The summed E-state index contributed by atoms with van der Waals surface area (Å²) in [5.41, 5.74) is 8.79. The minimum absolute atomic E-state index is 0.213. The topological polar surface area (TPSA) is 65.0 Å². The van der Waals surface area contributed by atoms with Crippen molar-refractivity contribution >= 4 is 28.3 Å². The van der Waals surface area contributed by atoms with Gasteiger partial charge < -0.3 is 4.74 Å². The Kier molecular flexibility index (Phi) is 5.83. The molecule has 0 saturated carbocycles. The lowest BCUT2D eigenvalue weighted by Gasteiger charge is -2.07. The van der Waals surface area contributed by atoms with Crippen LogP contribution in [0.3, 0.4) is 0 Å². The number of carbonyl (C=O) groups excluding carboxylic acids is 1. The molecule has 0 amide bonds. The van der Waals surface area contributed by atoms with Crippen LogP contribution < -0.4 is 0 Å². The molecule has 0 aliphatic rings. The van der Waals surface area contributed by atoms with E-state index < -0.39 is 0 Å². The summed E-state index contributed by atoms with van der Waals surface area (Å²) in [6.07, 6.45) is 0.222. The Hall–Kier alpha value is -3.12. The van der Waals surface area contributed by atoms with E-state index >= 15 is 0 Å². The van der Waals surface area contributed by atoms with Crippen LogP contribution >= 0.6 is 11.3 Å². The van der Waals surface area contributed by atoms with Crippen molar-refractivity contribution in [2.24, 2.45) is 0 Å². The fourth-order valence-electron chi connectivity index (χ4n) is 3.47. The predicted molar refractivity (Wildman–Crippen MR) is 124 cm³/mol. The van der Waals surface area contributed by atoms with Gasteiger partial charge in [0.15, 0.2) is 0 Å². The number of rotatable bonds is 5. The largest absolute Gasteiger partial charge is 0.461 e. The summed E-state index contributed by atoms with van der Waals surface area (Å²) >= 11 is 1.56. The molecule has 31 heavy (non-hydrogen) atoms. The molecule has 158 valence electrons. The maximum Gasteiger partial charge on any atom is 0.311 e. The minimum atomic E-state index is -0.259. The van der Waals surface area contributed by atoms with Gasteiger partial charge in [-0.2, -0.15) is 0 Å². The maximum atomic E-state index is 12.5. The van der Waals surface area contributed by atoms with Gasteiger partial charge in [-0.3, -0.25) is 4.79 Å². The van der Waals surface area contributed by atoms with E-state index in [1.165, 1.54) is 11.1 Å². The molecule has 6 heteroatoms. The fourth-order valence-corrected chi connectivity index (χ4v) is 4.61. The van der Waals surface area contributed by atoms with E-state index in [4.69, 9.17) is 4.74 Å². The molecule has 0 N–H and O–H groups in total. The van der Waals surface area contributed by atoms with Gasteiger partial charge in [-0.15, -0.1) is 11.3 Å². The highest BCUT2D eigenvalue weighted by atomic mass is 32.1. The Morgan fingerprint density at radius 1 is 0.871 bits per heavy atom. The molecular weight excluding hydrogens is 406 g/mol. The smallest absolute Gasteiger partial charge is 0.311 e. The van der Waals surface area contributed by atoms with Crippen LogP contribution in [0.15, 0.2) is 36.4 Å². The fraction of sp³-hybridized carbons (Fsp3) is 0.280. The van der Waals surface area contributed by atoms with Crippen LogP contribution in [-0.4, -0.2) is 20.9 Å². The molecule has 0 unspecified atom stereocenters. The zero-order valence-electron chi connectivity index (χ0n) is 18.4. The molecule has 0 spiro atoms. The molecule has 2 heterocycles. The standard InChI is InChI=1S/C25H25N3O2S/c1-14-6-8-20(15(2)10-14)25-28-18(5)23(31-25)12-24(29)30-13-19-7-9-21-22(11-19)27-17(4)16(3)26-21/h6-11H,12-13H2,1-5H3. The average molecular weight is 432 g/mol. The normalized spacial score (nSPS) is 11.1. The first-order valence-electron chi connectivity index (χ1n) is 10.2. The highest BCUT2D eigenvalue weighted by Crippen LogP contribution is 2.31. The van der Waals surface area contributed by atoms with Gasteiger partial charge in [0.1, 0.15) is 11.6 Å². The van der Waals surface area contributed by atoms with E-state index in [1.54, 1.807) is 11.3 Å². The van der Waals surface area contributed by atoms with Crippen LogP contribution in [0.2, 0.25) is 0 Å². The molecule has 0 radical (unpaired) electrons. The number of hydrogen-bond acceptors (Lipinski definition) is 6. The molecule has 4 aromatic rings. The quantitative estimate of drug-likeness (QED) is 0.386. The Morgan fingerprint density at radius 3 is 2.35 bits per heavy atom. The van der Waals surface area contributed by atoms with Crippen molar-refractivity contribution in [2.45, 2.75) is 47.6 Å². The van der Waals surface area contributed by atoms with E-state index in [9.17, 15) is 4.79 Å². The Labute approximate surface area is 186 Å². The highest BCUT2D eigenvalue weighted by Gasteiger charge is 2.15.